The van der Waals surface area contributed by atoms with Crippen molar-refractivity contribution in [2.45, 2.75) is 37.8 Å². The van der Waals surface area contributed by atoms with Gasteiger partial charge in [-0.05, 0) is 24.5 Å². The molecule has 1 heterocycles. The molecule has 2 nitrogen and oxygen atoms in total. The normalized spacial score (nSPS) is 19.2. The van der Waals surface area contributed by atoms with Crippen LogP contribution in [0, 0.1) is 11.3 Å². The Hall–Kier alpha value is -1.17. The summed E-state index contributed by atoms with van der Waals surface area (Å²) in [5.41, 5.74) is -1.97. The number of benzene rings is 1. The second-order valence-corrected chi connectivity index (χ2v) is 7.77. The summed E-state index contributed by atoms with van der Waals surface area (Å²) in [4.78, 5) is 14.9. The summed E-state index contributed by atoms with van der Waals surface area (Å²) in [6, 6.07) is 9.99. The first-order valence-corrected chi connectivity index (χ1v) is 8.70. The number of hydrogen-bond donors (Lipinski definition) is 0. The van der Waals surface area contributed by atoms with Crippen LogP contribution in [0.4, 0.5) is 13.2 Å². The Morgan fingerprint density at radius 3 is 2.52 bits per heavy atom. The lowest BCUT2D eigenvalue weighted by Gasteiger charge is -2.29. The van der Waals surface area contributed by atoms with Crippen LogP contribution in [0.2, 0.25) is 0 Å². The van der Waals surface area contributed by atoms with Gasteiger partial charge in [0.1, 0.15) is 0 Å². The molecule has 0 aliphatic carbocycles. The molecule has 0 N–H and O–H groups in total. The minimum absolute atomic E-state index is 0.346. The van der Waals surface area contributed by atoms with Gasteiger partial charge in [-0.15, -0.1) is 11.8 Å². The smallest absolute Gasteiger partial charge is 0.342 e. The topological polar surface area (TPSA) is 20.3 Å². The number of amides is 1. The molecule has 1 aromatic rings. The molecule has 1 aromatic carbocycles. The van der Waals surface area contributed by atoms with Crippen molar-refractivity contribution in [2.24, 2.45) is 11.3 Å². The lowest BCUT2D eigenvalue weighted by atomic mass is 9.88. The van der Waals surface area contributed by atoms with E-state index in [1.165, 1.54) is 4.90 Å². The average Bonchev–Trinajstić information content (AvgIpc) is 2.93. The maximum atomic E-state index is 12.9. The molecule has 0 spiro atoms. The highest BCUT2D eigenvalue weighted by molar-refractivity contribution is 7.99. The molecule has 0 radical (unpaired) electrons. The summed E-state index contributed by atoms with van der Waals surface area (Å²) in [6.07, 6.45) is -3.97. The summed E-state index contributed by atoms with van der Waals surface area (Å²) in [7, 11) is 0. The van der Waals surface area contributed by atoms with E-state index in [4.69, 9.17) is 0 Å². The first kappa shape index (κ1) is 18.2. The van der Waals surface area contributed by atoms with Gasteiger partial charge < -0.3 is 4.90 Å². The van der Waals surface area contributed by atoms with Gasteiger partial charge in [0.15, 0.2) is 0 Å². The molecule has 1 aliphatic heterocycles. The van der Waals surface area contributed by atoms with E-state index in [0.717, 1.165) is 26.0 Å². The highest BCUT2D eigenvalue weighted by Crippen LogP contribution is 2.41. The minimum atomic E-state index is -4.36. The first-order chi connectivity index (χ1) is 10.7. The third-order valence-electron chi connectivity index (χ3n) is 4.23. The SMILES string of the molecule is CC(C)(CC(=O)N1CC[C@H](CSc2ccccc2)C1)C(F)(F)F. The summed E-state index contributed by atoms with van der Waals surface area (Å²) < 4.78 is 38.7. The number of likely N-dealkylation sites (tertiary alicyclic amines) is 1. The fourth-order valence-electron chi connectivity index (χ4n) is 2.52. The summed E-state index contributed by atoms with van der Waals surface area (Å²) in [5, 5.41) is 0. The molecule has 1 saturated heterocycles. The number of alkyl halides is 3. The third kappa shape index (κ3) is 4.90. The van der Waals surface area contributed by atoms with Crippen molar-refractivity contribution < 1.29 is 18.0 Å². The van der Waals surface area contributed by atoms with Crippen molar-refractivity contribution in [1.29, 1.82) is 0 Å². The summed E-state index contributed by atoms with van der Waals surface area (Å²) >= 11 is 1.73. The number of halogens is 3. The number of hydrogen-bond acceptors (Lipinski definition) is 2. The van der Waals surface area contributed by atoms with Crippen LogP contribution in [0.15, 0.2) is 35.2 Å². The van der Waals surface area contributed by atoms with E-state index < -0.39 is 18.0 Å². The van der Waals surface area contributed by atoms with Crippen LogP contribution in [0.1, 0.15) is 26.7 Å². The van der Waals surface area contributed by atoms with E-state index in [1.54, 1.807) is 16.7 Å². The molecule has 1 aliphatic rings. The number of thioether (sulfide) groups is 1. The van der Waals surface area contributed by atoms with Crippen molar-refractivity contribution >= 4 is 17.7 Å². The third-order valence-corrected chi connectivity index (χ3v) is 5.47. The second kappa shape index (κ2) is 7.16. The van der Waals surface area contributed by atoms with Crippen LogP contribution in [-0.4, -0.2) is 35.8 Å². The van der Waals surface area contributed by atoms with Gasteiger partial charge in [0.05, 0.1) is 5.41 Å². The summed E-state index contributed by atoms with van der Waals surface area (Å²) in [5.74, 6) is 0.842. The predicted molar refractivity (Wildman–Crippen MR) is 86.3 cm³/mol. The molecule has 0 aromatic heterocycles. The summed E-state index contributed by atoms with van der Waals surface area (Å²) in [6.45, 7) is 3.30. The van der Waals surface area contributed by atoms with Crippen LogP contribution in [0.5, 0.6) is 0 Å². The molecule has 6 heteroatoms. The van der Waals surface area contributed by atoms with Gasteiger partial charge in [-0.3, -0.25) is 4.79 Å². The van der Waals surface area contributed by atoms with Gasteiger partial charge in [0.2, 0.25) is 5.91 Å². The number of nitrogens with zero attached hydrogens (tertiary/aromatic N) is 1. The zero-order valence-corrected chi connectivity index (χ0v) is 14.2. The Balaban J connectivity index is 1.81. The molecule has 1 fully saturated rings. The molecular weight excluding hydrogens is 323 g/mol. The number of carbonyl (C=O) groups is 1. The van der Waals surface area contributed by atoms with Crippen molar-refractivity contribution in [3.8, 4) is 0 Å². The Morgan fingerprint density at radius 2 is 1.91 bits per heavy atom. The van der Waals surface area contributed by atoms with Gasteiger partial charge in [0.25, 0.3) is 0 Å². The molecule has 0 bridgehead atoms. The molecule has 0 unspecified atom stereocenters. The first-order valence-electron chi connectivity index (χ1n) is 7.71. The van der Waals surface area contributed by atoms with E-state index >= 15 is 0 Å². The van der Waals surface area contributed by atoms with Crippen LogP contribution in [0.25, 0.3) is 0 Å². The van der Waals surface area contributed by atoms with Crippen LogP contribution < -0.4 is 0 Å². The van der Waals surface area contributed by atoms with Crippen LogP contribution in [0.3, 0.4) is 0 Å². The zero-order chi connectivity index (χ0) is 17.1. The van der Waals surface area contributed by atoms with Crippen molar-refractivity contribution in [3.63, 3.8) is 0 Å². The minimum Gasteiger partial charge on any atom is -0.342 e. The lowest BCUT2D eigenvalue weighted by molar-refractivity contribution is -0.215. The molecule has 2 rings (SSSR count). The highest BCUT2D eigenvalue weighted by Gasteiger charge is 2.49. The van der Waals surface area contributed by atoms with Gasteiger partial charge >= 0.3 is 6.18 Å². The van der Waals surface area contributed by atoms with E-state index in [2.05, 4.69) is 0 Å². The maximum Gasteiger partial charge on any atom is 0.394 e. The van der Waals surface area contributed by atoms with E-state index in [-0.39, 0.29) is 5.91 Å². The number of carbonyl (C=O) groups excluding carboxylic acids is 1. The van der Waals surface area contributed by atoms with Crippen molar-refractivity contribution in [3.05, 3.63) is 30.3 Å². The Morgan fingerprint density at radius 1 is 1.26 bits per heavy atom. The van der Waals surface area contributed by atoms with E-state index in [9.17, 15) is 18.0 Å². The van der Waals surface area contributed by atoms with Crippen LogP contribution >= 0.6 is 11.8 Å². The number of rotatable bonds is 5. The van der Waals surface area contributed by atoms with Crippen LogP contribution in [-0.2, 0) is 4.79 Å². The Bertz CT molecular complexity index is 530. The van der Waals surface area contributed by atoms with Gasteiger partial charge in [-0.25, -0.2) is 0 Å². The maximum absolute atomic E-state index is 12.9. The fraction of sp³-hybridized carbons (Fsp3) is 0.588. The molecule has 128 valence electrons. The molecule has 0 saturated carbocycles. The predicted octanol–water partition coefficient (Wildman–Crippen LogP) is 4.61. The zero-order valence-electron chi connectivity index (χ0n) is 13.4. The lowest BCUT2D eigenvalue weighted by Crippen LogP contribution is -2.39. The largest absolute Gasteiger partial charge is 0.394 e. The highest BCUT2D eigenvalue weighted by atomic mass is 32.2. The van der Waals surface area contributed by atoms with Crippen molar-refractivity contribution in [2.75, 3.05) is 18.8 Å². The molecule has 1 atom stereocenters. The Labute approximate surface area is 139 Å². The fourth-order valence-corrected chi connectivity index (χ4v) is 3.57. The molecule has 1 amide bonds. The van der Waals surface area contributed by atoms with Crippen molar-refractivity contribution in [1.82, 2.24) is 4.90 Å². The van der Waals surface area contributed by atoms with Gasteiger partial charge in [0, 0.05) is 30.2 Å². The van der Waals surface area contributed by atoms with Gasteiger partial charge in [-0.2, -0.15) is 13.2 Å². The van der Waals surface area contributed by atoms with E-state index in [1.807, 2.05) is 30.3 Å². The molecular formula is C17H22F3NOS. The monoisotopic (exact) mass is 345 g/mol. The quantitative estimate of drug-likeness (QED) is 0.727. The second-order valence-electron chi connectivity index (χ2n) is 6.68. The molecule has 23 heavy (non-hydrogen) atoms. The Kier molecular flexibility index (Phi) is 5.65. The average molecular weight is 345 g/mol. The van der Waals surface area contributed by atoms with Gasteiger partial charge in [-0.1, -0.05) is 32.0 Å². The standard InChI is InChI=1S/C17H22F3NOS/c1-16(2,17(18,19)20)10-15(22)21-9-8-13(11-21)12-23-14-6-4-3-5-7-14/h3-7,13H,8-12H2,1-2H3/t13-/m0/s1. The van der Waals surface area contributed by atoms with E-state index in [0.29, 0.717) is 19.0 Å².